The lowest BCUT2D eigenvalue weighted by molar-refractivity contribution is 0.0590. The average molecular weight is 411 g/mol. The zero-order valence-electron chi connectivity index (χ0n) is 16.3. The van der Waals surface area contributed by atoms with Crippen LogP contribution in [0.1, 0.15) is 34.5 Å². The molecule has 4 rings (SSSR count). The van der Waals surface area contributed by atoms with Gasteiger partial charge in [-0.1, -0.05) is 47.1 Å². The van der Waals surface area contributed by atoms with Gasteiger partial charge in [0.1, 0.15) is 11.9 Å². The fourth-order valence-corrected chi connectivity index (χ4v) is 3.69. The van der Waals surface area contributed by atoms with Gasteiger partial charge in [-0.3, -0.25) is 4.79 Å². The maximum atomic E-state index is 12.8. The SMILES string of the molecule is Cc1ccccc1Cn1cc(C(=O)N2CCC(Oc3cccc(Cl)c3)CC2)nn1. The van der Waals surface area contributed by atoms with Crippen molar-refractivity contribution < 1.29 is 9.53 Å². The van der Waals surface area contributed by atoms with E-state index in [4.69, 9.17) is 16.3 Å². The third-order valence-electron chi connectivity index (χ3n) is 5.18. The van der Waals surface area contributed by atoms with Gasteiger partial charge in [0.15, 0.2) is 5.69 Å². The van der Waals surface area contributed by atoms with E-state index in [2.05, 4.69) is 29.4 Å². The molecule has 150 valence electrons. The molecule has 0 spiro atoms. The van der Waals surface area contributed by atoms with Crippen molar-refractivity contribution in [2.45, 2.75) is 32.4 Å². The molecule has 29 heavy (non-hydrogen) atoms. The van der Waals surface area contributed by atoms with Gasteiger partial charge in [0.25, 0.3) is 5.91 Å². The average Bonchev–Trinajstić information content (AvgIpc) is 3.18. The summed E-state index contributed by atoms with van der Waals surface area (Å²) in [7, 11) is 0. The molecular formula is C22H23ClN4O2. The first-order valence-corrected chi connectivity index (χ1v) is 10.1. The topological polar surface area (TPSA) is 60.2 Å². The van der Waals surface area contributed by atoms with Crippen LogP contribution >= 0.6 is 11.6 Å². The van der Waals surface area contributed by atoms with Crippen LogP contribution < -0.4 is 4.74 Å². The molecule has 0 N–H and O–H groups in total. The smallest absolute Gasteiger partial charge is 0.276 e. The predicted molar refractivity (Wildman–Crippen MR) is 111 cm³/mol. The Bertz CT molecular complexity index is 996. The molecule has 6 nitrogen and oxygen atoms in total. The number of nitrogens with zero attached hydrogens (tertiary/aromatic N) is 4. The van der Waals surface area contributed by atoms with Crippen molar-refractivity contribution in [2.24, 2.45) is 0 Å². The number of hydrogen-bond donors (Lipinski definition) is 0. The number of amides is 1. The van der Waals surface area contributed by atoms with Gasteiger partial charge >= 0.3 is 0 Å². The molecule has 0 radical (unpaired) electrons. The lowest BCUT2D eigenvalue weighted by Gasteiger charge is -2.31. The molecule has 0 aliphatic carbocycles. The predicted octanol–water partition coefficient (Wildman–Crippen LogP) is 3.97. The second kappa shape index (κ2) is 8.66. The van der Waals surface area contributed by atoms with Crippen LogP contribution in [0.5, 0.6) is 5.75 Å². The van der Waals surface area contributed by atoms with Crippen LogP contribution in [-0.2, 0) is 6.54 Å². The van der Waals surface area contributed by atoms with Crippen molar-refractivity contribution in [1.29, 1.82) is 0 Å². The van der Waals surface area contributed by atoms with Gasteiger partial charge in [-0.15, -0.1) is 5.10 Å². The molecule has 0 bridgehead atoms. The summed E-state index contributed by atoms with van der Waals surface area (Å²) in [6.45, 7) is 3.93. The minimum Gasteiger partial charge on any atom is -0.490 e. The van der Waals surface area contributed by atoms with E-state index in [-0.39, 0.29) is 12.0 Å². The van der Waals surface area contributed by atoms with Crippen LogP contribution in [0, 0.1) is 6.92 Å². The number of hydrogen-bond acceptors (Lipinski definition) is 4. The van der Waals surface area contributed by atoms with E-state index in [1.165, 1.54) is 5.56 Å². The second-order valence-electron chi connectivity index (χ2n) is 7.29. The molecule has 3 aromatic rings. The monoisotopic (exact) mass is 410 g/mol. The molecule has 1 aliphatic heterocycles. The maximum absolute atomic E-state index is 12.8. The Labute approximate surface area is 175 Å². The van der Waals surface area contributed by atoms with Crippen molar-refractivity contribution in [3.05, 3.63) is 76.6 Å². The Morgan fingerprint density at radius 2 is 1.97 bits per heavy atom. The van der Waals surface area contributed by atoms with Gasteiger partial charge in [0.2, 0.25) is 0 Å². The minimum atomic E-state index is -0.0813. The van der Waals surface area contributed by atoms with Gasteiger partial charge in [0, 0.05) is 31.0 Å². The number of benzene rings is 2. The van der Waals surface area contributed by atoms with Crippen molar-refractivity contribution in [2.75, 3.05) is 13.1 Å². The summed E-state index contributed by atoms with van der Waals surface area (Å²) < 4.78 is 7.71. The Morgan fingerprint density at radius 1 is 1.17 bits per heavy atom. The van der Waals surface area contributed by atoms with Crippen molar-refractivity contribution >= 4 is 17.5 Å². The molecule has 1 aliphatic rings. The lowest BCUT2D eigenvalue weighted by atomic mass is 10.1. The first-order valence-electron chi connectivity index (χ1n) is 9.74. The van der Waals surface area contributed by atoms with Gasteiger partial charge in [-0.25, -0.2) is 4.68 Å². The maximum Gasteiger partial charge on any atom is 0.276 e. The largest absolute Gasteiger partial charge is 0.490 e. The number of halogens is 1. The standard InChI is InChI=1S/C22H23ClN4O2/c1-16-5-2-3-6-17(16)14-27-15-21(24-25-27)22(28)26-11-9-19(10-12-26)29-20-8-4-7-18(23)13-20/h2-8,13,15,19H,9-12,14H2,1H3. The summed E-state index contributed by atoms with van der Waals surface area (Å²) in [5, 5.41) is 8.88. The molecule has 0 atom stereocenters. The highest BCUT2D eigenvalue weighted by Gasteiger charge is 2.26. The van der Waals surface area contributed by atoms with E-state index in [0.717, 1.165) is 24.2 Å². The third kappa shape index (κ3) is 4.77. The molecule has 2 aromatic carbocycles. The molecule has 7 heteroatoms. The summed E-state index contributed by atoms with van der Waals surface area (Å²) in [6, 6.07) is 15.5. The number of piperidine rings is 1. The molecule has 1 aromatic heterocycles. The van der Waals surface area contributed by atoms with Crippen LogP contribution in [0.15, 0.2) is 54.7 Å². The fraction of sp³-hybridized carbons (Fsp3) is 0.318. The summed E-state index contributed by atoms with van der Waals surface area (Å²) in [4.78, 5) is 14.6. The second-order valence-corrected chi connectivity index (χ2v) is 7.73. The third-order valence-corrected chi connectivity index (χ3v) is 5.41. The van der Waals surface area contributed by atoms with Crippen molar-refractivity contribution in [3.8, 4) is 5.75 Å². The summed E-state index contributed by atoms with van der Waals surface area (Å²) >= 11 is 6.01. The number of likely N-dealkylation sites (tertiary alicyclic amines) is 1. The highest BCUT2D eigenvalue weighted by molar-refractivity contribution is 6.30. The Kier molecular flexibility index (Phi) is 5.81. The molecule has 2 heterocycles. The normalized spacial score (nSPS) is 14.8. The summed E-state index contributed by atoms with van der Waals surface area (Å²) in [5.74, 6) is 0.684. The van der Waals surface area contributed by atoms with E-state index in [1.54, 1.807) is 10.9 Å². The van der Waals surface area contributed by atoms with Crippen LogP contribution in [0.25, 0.3) is 0 Å². The quantitative estimate of drug-likeness (QED) is 0.638. The van der Waals surface area contributed by atoms with Crippen molar-refractivity contribution in [1.82, 2.24) is 19.9 Å². The van der Waals surface area contributed by atoms with Crippen LogP contribution in [0.4, 0.5) is 0 Å². The Morgan fingerprint density at radius 3 is 2.72 bits per heavy atom. The number of aromatic nitrogens is 3. The van der Waals surface area contributed by atoms with Gasteiger partial charge < -0.3 is 9.64 Å². The zero-order chi connectivity index (χ0) is 20.2. The first kappa shape index (κ1) is 19.5. The van der Waals surface area contributed by atoms with E-state index in [9.17, 15) is 4.79 Å². The summed E-state index contributed by atoms with van der Waals surface area (Å²) in [6.07, 6.45) is 3.35. The van der Waals surface area contributed by atoms with E-state index in [1.807, 2.05) is 41.3 Å². The number of aryl methyl sites for hydroxylation is 1. The van der Waals surface area contributed by atoms with Crippen LogP contribution in [0.3, 0.4) is 0 Å². The number of carbonyl (C=O) groups is 1. The van der Waals surface area contributed by atoms with Gasteiger partial charge in [-0.2, -0.15) is 0 Å². The Balaban J connectivity index is 1.33. The highest BCUT2D eigenvalue weighted by Crippen LogP contribution is 2.22. The summed E-state index contributed by atoms with van der Waals surface area (Å²) in [5.41, 5.74) is 2.74. The molecule has 1 fully saturated rings. The van der Waals surface area contributed by atoms with E-state index in [0.29, 0.717) is 30.4 Å². The van der Waals surface area contributed by atoms with Crippen LogP contribution in [0.2, 0.25) is 5.02 Å². The molecule has 0 unspecified atom stereocenters. The molecule has 1 amide bonds. The minimum absolute atomic E-state index is 0.0780. The molecular weight excluding hydrogens is 388 g/mol. The van der Waals surface area contributed by atoms with Crippen LogP contribution in [-0.4, -0.2) is 45.0 Å². The Hall–Kier alpha value is -2.86. The lowest BCUT2D eigenvalue weighted by Crippen LogP contribution is -2.41. The molecule has 0 saturated carbocycles. The zero-order valence-corrected chi connectivity index (χ0v) is 17.0. The van der Waals surface area contributed by atoms with Crippen molar-refractivity contribution in [3.63, 3.8) is 0 Å². The number of rotatable bonds is 5. The van der Waals surface area contributed by atoms with Gasteiger partial charge in [-0.05, 0) is 36.2 Å². The van der Waals surface area contributed by atoms with E-state index < -0.39 is 0 Å². The fourth-order valence-electron chi connectivity index (χ4n) is 3.51. The first-order chi connectivity index (χ1) is 14.1. The van der Waals surface area contributed by atoms with E-state index >= 15 is 0 Å². The highest BCUT2D eigenvalue weighted by atomic mass is 35.5. The molecule has 1 saturated heterocycles. The number of carbonyl (C=O) groups excluding carboxylic acids is 1. The number of ether oxygens (including phenoxy) is 1. The van der Waals surface area contributed by atoms with Gasteiger partial charge in [0.05, 0.1) is 12.7 Å².